The summed E-state index contributed by atoms with van der Waals surface area (Å²) in [6.45, 7) is 2.97. The summed E-state index contributed by atoms with van der Waals surface area (Å²) < 4.78 is 10.6. The Morgan fingerprint density at radius 3 is 2.38 bits per heavy atom. The molecule has 1 aromatic carbocycles. The molecule has 0 saturated heterocycles. The molecule has 110 valence electrons. The maximum atomic E-state index is 11.1. The molecule has 0 saturated carbocycles. The number of carboxylic acid groups (broad SMARTS) is 2. The van der Waals surface area contributed by atoms with E-state index in [1.807, 2.05) is 0 Å². The molecule has 0 bridgehead atoms. The highest BCUT2D eigenvalue weighted by atomic mass is 16.5. The zero-order valence-electron chi connectivity index (χ0n) is 11.5. The first kappa shape index (κ1) is 14.6. The normalized spacial score (nSPS) is 10.4. The Bertz CT molecular complexity index is 698. The van der Waals surface area contributed by atoms with Crippen LogP contribution in [-0.2, 0) is 6.61 Å². The van der Waals surface area contributed by atoms with Crippen molar-refractivity contribution in [2.24, 2.45) is 0 Å². The quantitative estimate of drug-likeness (QED) is 0.778. The van der Waals surface area contributed by atoms with Gasteiger partial charge in [0.1, 0.15) is 23.9 Å². The molecule has 2 rings (SSSR count). The molecule has 0 aliphatic rings. The van der Waals surface area contributed by atoms with Crippen LogP contribution in [0.15, 0.2) is 28.7 Å². The monoisotopic (exact) mass is 288 g/mol. The van der Waals surface area contributed by atoms with E-state index in [9.17, 15) is 19.8 Å². The third kappa shape index (κ3) is 2.89. The van der Waals surface area contributed by atoms with Gasteiger partial charge < -0.3 is 29.0 Å². The van der Waals surface area contributed by atoms with Crippen LogP contribution in [0.4, 0.5) is 0 Å². The number of hydrogen-bond donors (Lipinski definition) is 0. The highest BCUT2D eigenvalue weighted by Crippen LogP contribution is 2.24. The number of carbonyl (C=O) groups is 2. The van der Waals surface area contributed by atoms with Crippen molar-refractivity contribution in [3.63, 3.8) is 0 Å². The van der Waals surface area contributed by atoms with Crippen LogP contribution in [0, 0.1) is 13.8 Å². The molecule has 0 fully saturated rings. The van der Waals surface area contributed by atoms with Crippen LogP contribution >= 0.6 is 0 Å². The second-order valence-electron chi connectivity index (χ2n) is 4.43. The molecule has 21 heavy (non-hydrogen) atoms. The molecule has 1 aromatic heterocycles. The van der Waals surface area contributed by atoms with Crippen molar-refractivity contribution in [2.75, 3.05) is 0 Å². The van der Waals surface area contributed by atoms with Gasteiger partial charge in [0.05, 0.1) is 11.9 Å². The van der Waals surface area contributed by atoms with Crippen LogP contribution in [0.2, 0.25) is 0 Å². The summed E-state index contributed by atoms with van der Waals surface area (Å²) >= 11 is 0. The Hall–Kier alpha value is -2.76. The third-order valence-corrected chi connectivity index (χ3v) is 3.07. The van der Waals surface area contributed by atoms with Gasteiger partial charge in [-0.2, -0.15) is 0 Å². The average Bonchev–Trinajstić information content (AvgIpc) is 2.70. The zero-order chi connectivity index (χ0) is 15.6. The molecule has 0 radical (unpaired) electrons. The van der Waals surface area contributed by atoms with Crippen molar-refractivity contribution in [3.8, 4) is 5.75 Å². The minimum absolute atomic E-state index is 0.0709. The summed E-state index contributed by atoms with van der Waals surface area (Å²) in [5, 5.41) is 22.1. The molecule has 0 spiro atoms. The van der Waals surface area contributed by atoms with Gasteiger partial charge in [-0.3, -0.25) is 0 Å². The summed E-state index contributed by atoms with van der Waals surface area (Å²) in [4.78, 5) is 22.1. The first-order valence-corrected chi connectivity index (χ1v) is 6.15. The predicted molar refractivity (Wildman–Crippen MR) is 67.6 cm³/mol. The summed E-state index contributed by atoms with van der Waals surface area (Å²) in [7, 11) is 0. The number of rotatable bonds is 5. The molecular formula is C15H12O6-2. The largest absolute Gasteiger partial charge is 0.545 e. The number of aryl methyl sites for hydroxylation is 2. The van der Waals surface area contributed by atoms with Gasteiger partial charge in [-0.1, -0.05) is 12.1 Å². The van der Waals surface area contributed by atoms with Gasteiger partial charge in [0.15, 0.2) is 0 Å². The van der Waals surface area contributed by atoms with Crippen LogP contribution in [0.5, 0.6) is 5.75 Å². The summed E-state index contributed by atoms with van der Waals surface area (Å²) in [5.74, 6) is -2.03. The Morgan fingerprint density at radius 2 is 1.76 bits per heavy atom. The van der Waals surface area contributed by atoms with Crippen LogP contribution in [0.3, 0.4) is 0 Å². The van der Waals surface area contributed by atoms with Gasteiger partial charge in [0.25, 0.3) is 0 Å². The fourth-order valence-electron chi connectivity index (χ4n) is 2.08. The molecule has 2 aromatic rings. The SMILES string of the molecule is Cc1oc(C)c(C(=O)[O-])c1COc1ccccc1C(=O)[O-]. The smallest absolute Gasteiger partial charge is 0.128 e. The average molecular weight is 288 g/mol. The van der Waals surface area contributed by atoms with E-state index in [4.69, 9.17) is 9.15 Å². The number of carboxylic acids is 2. The number of carbonyl (C=O) groups excluding carboxylic acids is 2. The molecule has 1 heterocycles. The highest BCUT2D eigenvalue weighted by molar-refractivity contribution is 5.90. The number of hydrogen-bond acceptors (Lipinski definition) is 6. The minimum atomic E-state index is -1.37. The van der Waals surface area contributed by atoms with E-state index in [1.54, 1.807) is 13.0 Å². The number of para-hydroxylation sites is 1. The zero-order valence-corrected chi connectivity index (χ0v) is 11.5. The Morgan fingerprint density at radius 1 is 1.10 bits per heavy atom. The third-order valence-electron chi connectivity index (χ3n) is 3.07. The molecule has 0 N–H and O–H groups in total. The number of furan rings is 1. The minimum Gasteiger partial charge on any atom is -0.545 e. The Labute approximate surface area is 120 Å². The predicted octanol–water partition coefficient (Wildman–Crippen LogP) is 0.202. The van der Waals surface area contributed by atoms with Crippen LogP contribution < -0.4 is 14.9 Å². The van der Waals surface area contributed by atoms with Gasteiger partial charge in [0.2, 0.25) is 0 Å². The molecule has 0 aliphatic heterocycles. The van der Waals surface area contributed by atoms with E-state index < -0.39 is 11.9 Å². The van der Waals surface area contributed by atoms with Crippen molar-refractivity contribution < 1.29 is 29.0 Å². The molecule has 0 aliphatic carbocycles. The van der Waals surface area contributed by atoms with Gasteiger partial charge in [0, 0.05) is 16.7 Å². The molecule has 0 unspecified atom stereocenters. The fraction of sp³-hybridized carbons (Fsp3) is 0.200. The Balaban J connectivity index is 2.29. The van der Waals surface area contributed by atoms with Crippen molar-refractivity contribution in [3.05, 3.63) is 52.5 Å². The maximum Gasteiger partial charge on any atom is 0.128 e. The lowest BCUT2D eigenvalue weighted by atomic mass is 10.1. The van der Waals surface area contributed by atoms with Crippen molar-refractivity contribution in [2.45, 2.75) is 20.5 Å². The lowest BCUT2D eigenvalue weighted by Crippen LogP contribution is -2.25. The molecular weight excluding hydrogens is 276 g/mol. The van der Waals surface area contributed by atoms with Crippen LogP contribution in [0.25, 0.3) is 0 Å². The Kier molecular flexibility index (Phi) is 3.98. The first-order chi connectivity index (χ1) is 9.91. The molecule has 6 nitrogen and oxygen atoms in total. The standard InChI is InChI=1S/C15H14O6/c1-8-11(13(15(18)19)9(2)21-8)7-20-12-6-4-3-5-10(12)14(16)17/h3-6H,7H2,1-2H3,(H,16,17)(H,18,19)/p-2. The summed E-state index contributed by atoms with van der Waals surface area (Å²) in [6, 6.07) is 5.96. The maximum absolute atomic E-state index is 11.1. The van der Waals surface area contributed by atoms with E-state index in [1.165, 1.54) is 25.1 Å². The second-order valence-corrected chi connectivity index (χ2v) is 4.43. The van der Waals surface area contributed by atoms with Gasteiger partial charge in [-0.15, -0.1) is 0 Å². The van der Waals surface area contributed by atoms with Crippen molar-refractivity contribution in [1.29, 1.82) is 0 Å². The highest BCUT2D eigenvalue weighted by Gasteiger charge is 2.17. The number of benzene rings is 1. The van der Waals surface area contributed by atoms with Gasteiger partial charge >= 0.3 is 0 Å². The van der Waals surface area contributed by atoms with Gasteiger partial charge in [-0.25, -0.2) is 0 Å². The second kappa shape index (κ2) is 5.70. The summed E-state index contributed by atoms with van der Waals surface area (Å²) in [6.07, 6.45) is 0. The lowest BCUT2D eigenvalue weighted by molar-refractivity contribution is -0.256. The first-order valence-electron chi connectivity index (χ1n) is 6.15. The summed E-state index contributed by atoms with van der Waals surface area (Å²) in [5.41, 5.74) is 0.143. The molecule has 0 atom stereocenters. The van der Waals surface area contributed by atoms with Crippen LogP contribution in [-0.4, -0.2) is 11.9 Å². The van der Waals surface area contributed by atoms with Crippen molar-refractivity contribution >= 4 is 11.9 Å². The fourth-order valence-corrected chi connectivity index (χ4v) is 2.08. The van der Waals surface area contributed by atoms with Crippen molar-refractivity contribution in [1.82, 2.24) is 0 Å². The van der Waals surface area contributed by atoms with E-state index in [2.05, 4.69) is 0 Å². The topological polar surface area (TPSA) is 103 Å². The van der Waals surface area contributed by atoms with Gasteiger partial charge in [-0.05, 0) is 26.0 Å². The van der Waals surface area contributed by atoms with E-state index >= 15 is 0 Å². The molecule has 6 heteroatoms. The van der Waals surface area contributed by atoms with E-state index in [0.29, 0.717) is 11.3 Å². The number of ether oxygens (including phenoxy) is 1. The number of aromatic carboxylic acids is 2. The van der Waals surface area contributed by atoms with E-state index in [-0.39, 0.29) is 29.2 Å². The molecule has 0 amide bonds. The lowest BCUT2D eigenvalue weighted by Gasteiger charge is -2.12. The van der Waals surface area contributed by atoms with E-state index in [0.717, 1.165) is 0 Å². The van der Waals surface area contributed by atoms with Crippen LogP contribution in [0.1, 0.15) is 37.8 Å².